The van der Waals surface area contributed by atoms with E-state index in [-0.39, 0.29) is 18.9 Å². The van der Waals surface area contributed by atoms with Crippen molar-refractivity contribution < 1.29 is 24.0 Å². The third kappa shape index (κ3) is 2.93. The van der Waals surface area contributed by atoms with Crippen molar-refractivity contribution in [3.63, 3.8) is 0 Å². The Kier molecular flexibility index (Phi) is 3.65. The number of carbonyl (C=O) groups excluding carboxylic acids is 3. The van der Waals surface area contributed by atoms with Gasteiger partial charge in [-0.05, 0) is 13.3 Å². The monoisotopic (exact) mass is 215 g/mol. The van der Waals surface area contributed by atoms with Crippen molar-refractivity contribution in [3.8, 4) is 0 Å². The molecule has 0 saturated carbocycles. The highest BCUT2D eigenvalue weighted by molar-refractivity contribution is 6.01. The van der Waals surface area contributed by atoms with Crippen LogP contribution in [0, 0.1) is 0 Å². The van der Waals surface area contributed by atoms with Crippen LogP contribution in [0.4, 0.5) is 4.79 Å². The van der Waals surface area contributed by atoms with E-state index in [1.807, 2.05) is 6.92 Å². The quantitative estimate of drug-likeness (QED) is 0.518. The Labute approximate surface area is 87.1 Å². The predicted octanol–water partition coefficient (Wildman–Crippen LogP) is 1.00. The summed E-state index contributed by atoms with van der Waals surface area (Å²) in [4.78, 5) is 37.6. The fourth-order valence-electron chi connectivity index (χ4n) is 1.00. The molecular formula is C9H13NO5. The molecule has 1 saturated heterocycles. The van der Waals surface area contributed by atoms with Gasteiger partial charge < -0.3 is 4.74 Å². The zero-order valence-corrected chi connectivity index (χ0v) is 8.69. The Morgan fingerprint density at radius 2 is 1.93 bits per heavy atom. The molecule has 1 unspecified atom stereocenters. The molecule has 1 atom stereocenters. The minimum atomic E-state index is -1.02. The summed E-state index contributed by atoms with van der Waals surface area (Å²) in [6.45, 7) is 3.53. The molecule has 6 nitrogen and oxygen atoms in total. The fourth-order valence-corrected chi connectivity index (χ4v) is 1.00. The van der Waals surface area contributed by atoms with Gasteiger partial charge in [0.2, 0.25) is 0 Å². The summed E-state index contributed by atoms with van der Waals surface area (Å²) < 4.78 is 4.75. The minimum Gasteiger partial charge on any atom is -0.430 e. The number of imide groups is 1. The van der Waals surface area contributed by atoms with Crippen LogP contribution in [-0.2, 0) is 19.2 Å². The zero-order valence-electron chi connectivity index (χ0n) is 8.69. The highest BCUT2D eigenvalue weighted by atomic mass is 16.8. The zero-order chi connectivity index (χ0) is 11.4. The topological polar surface area (TPSA) is 72.9 Å². The maximum atomic E-state index is 11.1. The lowest BCUT2D eigenvalue weighted by Gasteiger charge is -2.14. The van der Waals surface area contributed by atoms with Crippen molar-refractivity contribution in [2.24, 2.45) is 0 Å². The van der Waals surface area contributed by atoms with Gasteiger partial charge in [0.1, 0.15) is 6.10 Å². The largest absolute Gasteiger partial charge is 0.534 e. The summed E-state index contributed by atoms with van der Waals surface area (Å²) in [6, 6.07) is 0. The Bertz CT molecular complexity index is 272. The van der Waals surface area contributed by atoms with E-state index in [4.69, 9.17) is 4.74 Å². The second-order valence-corrected chi connectivity index (χ2v) is 3.26. The van der Waals surface area contributed by atoms with Crippen LogP contribution in [0.15, 0.2) is 0 Å². The van der Waals surface area contributed by atoms with Crippen molar-refractivity contribution in [2.75, 3.05) is 0 Å². The van der Waals surface area contributed by atoms with Crippen molar-refractivity contribution in [2.45, 2.75) is 39.2 Å². The maximum absolute atomic E-state index is 11.1. The first-order valence-electron chi connectivity index (χ1n) is 4.79. The lowest BCUT2D eigenvalue weighted by Crippen LogP contribution is -2.33. The average Bonchev–Trinajstić information content (AvgIpc) is 2.49. The SMILES string of the molecule is CCC(C)OC(=O)ON1C(=O)CCC1=O. The second-order valence-electron chi connectivity index (χ2n) is 3.26. The van der Waals surface area contributed by atoms with E-state index in [1.54, 1.807) is 6.92 Å². The van der Waals surface area contributed by atoms with E-state index in [2.05, 4.69) is 4.84 Å². The van der Waals surface area contributed by atoms with E-state index in [0.29, 0.717) is 11.5 Å². The first-order valence-corrected chi connectivity index (χ1v) is 4.79. The number of hydroxylamine groups is 2. The van der Waals surface area contributed by atoms with Gasteiger partial charge in [0, 0.05) is 12.8 Å². The average molecular weight is 215 g/mol. The predicted molar refractivity (Wildman–Crippen MR) is 48.4 cm³/mol. The molecule has 0 bridgehead atoms. The number of nitrogens with zero attached hydrogens (tertiary/aromatic N) is 1. The Morgan fingerprint density at radius 1 is 1.40 bits per heavy atom. The maximum Gasteiger partial charge on any atom is 0.534 e. The molecule has 1 fully saturated rings. The highest BCUT2D eigenvalue weighted by Crippen LogP contribution is 2.13. The highest BCUT2D eigenvalue weighted by Gasteiger charge is 2.33. The summed E-state index contributed by atoms with van der Waals surface area (Å²) in [6.07, 6.45) is -0.528. The van der Waals surface area contributed by atoms with Crippen molar-refractivity contribution in [1.29, 1.82) is 0 Å². The van der Waals surface area contributed by atoms with Crippen LogP contribution in [0.25, 0.3) is 0 Å². The molecule has 0 spiro atoms. The number of ether oxygens (including phenoxy) is 1. The molecule has 15 heavy (non-hydrogen) atoms. The van der Waals surface area contributed by atoms with Gasteiger partial charge >= 0.3 is 6.16 Å². The van der Waals surface area contributed by atoms with E-state index >= 15 is 0 Å². The third-order valence-electron chi connectivity index (χ3n) is 2.04. The Hall–Kier alpha value is -1.59. The first-order chi connectivity index (χ1) is 7.04. The summed E-state index contributed by atoms with van der Waals surface area (Å²) in [5.74, 6) is -1.03. The van der Waals surface area contributed by atoms with Gasteiger partial charge in [-0.1, -0.05) is 12.0 Å². The van der Waals surface area contributed by atoms with Gasteiger partial charge in [-0.3, -0.25) is 14.4 Å². The van der Waals surface area contributed by atoms with Crippen LogP contribution >= 0.6 is 0 Å². The summed E-state index contributed by atoms with van der Waals surface area (Å²) in [7, 11) is 0. The lowest BCUT2D eigenvalue weighted by atomic mass is 10.3. The van der Waals surface area contributed by atoms with Gasteiger partial charge in [0.25, 0.3) is 11.8 Å². The standard InChI is InChI=1S/C9H13NO5/c1-3-6(2)14-9(13)15-10-7(11)4-5-8(10)12/h6H,3-5H2,1-2H3. The first kappa shape index (κ1) is 11.5. The number of rotatable bonds is 3. The van der Waals surface area contributed by atoms with Crippen LogP contribution in [0.5, 0.6) is 0 Å². The number of carbonyl (C=O) groups is 3. The molecule has 1 rings (SSSR count). The molecule has 2 amide bonds. The Balaban J connectivity index is 2.44. The summed E-state index contributed by atoms with van der Waals surface area (Å²) in [5.41, 5.74) is 0. The summed E-state index contributed by atoms with van der Waals surface area (Å²) in [5, 5.41) is 0.463. The Morgan fingerprint density at radius 3 is 2.40 bits per heavy atom. The van der Waals surface area contributed by atoms with Crippen molar-refractivity contribution in [3.05, 3.63) is 0 Å². The molecule has 1 aliphatic heterocycles. The van der Waals surface area contributed by atoms with Gasteiger partial charge in [-0.15, -0.1) is 0 Å². The number of hydrogen-bond donors (Lipinski definition) is 0. The molecule has 0 aliphatic carbocycles. The van der Waals surface area contributed by atoms with Gasteiger partial charge in [-0.25, -0.2) is 4.79 Å². The van der Waals surface area contributed by atoms with Crippen LogP contribution < -0.4 is 0 Å². The molecule has 1 heterocycles. The molecule has 84 valence electrons. The van der Waals surface area contributed by atoms with Crippen LogP contribution in [0.1, 0.15) is 33.1 Å². The minimum absolute atomic E-state index is 0.0788. The van der Waals surface area contributed by atoms with Crippen LogP contribution in [0.3, 0.4) is 0 Å². The normalized spacial score (nSPS) is 17.9. The lowest BCUT2D eigenvalue weighted by molar-refractivity contribution is -0.178. The molecule has 0 radical (unpaired) electrons. The van der Waals surface area contributed by atoms with E-state index in [1.165, 1.54) is 0 Å². The molecule has 0 aromatic heterocycles. The molecule has 0 N–H and O–H groups in total. The molecule has 0 aromatic rings. The van der Waals surface area contributed by atoms with Crippen molar-refractivity contribution in [1.82, 2.24) is 5.06 Å². The van der Waals surface area contributed by atoms with Crippen LogP contribution in [-0.4, -0.2) is 29.1 Å². The number of amides is 2. The van der Waals surface area contributed by atoms with E-state index in [9.17, 15) is 14.4 Å². The molecular weight excluding hydrogens is 202 g/mol. The van der Waals surface area contributed by atoms with Crippen molar-refractivity contribution >= 4 is 18.0 Å². The van der Waals surface area contributed by atoms with Crippen LogP contribution in [0.2, 0.25) is 0 Å². The smallest absolute Gasteiger partial charge is 0.430 e. The molecule has 1 aliphatic rings. The van der Waals surface area contributed by atoms with E-state index in [0.717, 1.165) is 0 Å². The number of hydrogen-bond acceptors (Lipinski definition) is 5. The van der Waals surface area contributed by atoms with Gasteiger partial charge in [-0.2, -0.15) is 0 Å². The van der Waals surface area contributed by atoms with Gasteiger partial charge in [0.15, 0.2) is 0 Å². The van der Waals surface area contributed by atoms with Gasteiger partial charge in [0.05, 0.1) is 0 Å². The van der Waals surface area contributed by atoms with E-state index < -0.39 is 18.0 Å². The summed E-state index contributed by atoms with van der Waals surface area (Å²) >= 11 is 0. The second kappa shape index (κ2) is 4.77. The fraction of sp³-hybridized carbons (Fsp3) is 0.667. The molecule has 0 aromatic carbocycles. The third-order valence-corrected chi connectivity index (χ3v) is 2.04. The molecule has 6 heteroatoms.